The van der Waals surface area contributed by atoms with Crippen molar-refractivity contribution in [1.82, 2.24) is 5.32 Å². The van der Waals surface area contributed by atoms with Crippen LogP contribution in [0, 0.1) is 6.92 Å². The Kier molecular flexibility index (Phi) is 5.26. The van der Waals surface area contributed by atoms with Crippen molar-refractivity contribution in [3.05, 3.63) is 59.2 Å². The number of amides is 1. The van der Waals surface area contributed by atoms with Gasteiger partial charge in [0.05, 0.1) is 17.5 Å². The SMILES string of the molecule is Cc1ccc2c(c1)C(NC(=O)c1cccc(N3CCCCS3(=O)=O)c1)CC(C)(C)O2. The minimum Gasteiger partial charge on any atom is -0.487 e. The van der Waals surface area contributed by atoms with Crippen molar-refractivity contribution in [1.29, 1.82) is 0 Å². The quantitative estimate of drug-likeness (QED) is 0.803. The van der Waals surface area contributed by atoms with Gasteiger partial charge in [0.25, 0.3) is 5.91 Å². The second-order valence-electron chi connectivity index (χ2n) is 8.78. The van der Waals surface area contributed by atoms with Gasteiger partial charge in [-0.2, -0.15) is 0 Å². The highest BCUT2D eigenvalue weighted by atomic mass is 32.2. The van der Waals surface area contributed by atoms with Crippen molar-refractivity contribution in [3.63, 3.8) is 0 Å². The van der Waals surface area contributed by atoms with E-state index < -0.39 is 15.6 Å². The maximum absolute atomic E-state index is 13.1. The fourth-order valence-corrected chi connectivity index (χ4v) is 5.86. The van der Waals surface area contributed by atoms with Gasteiger partial charge >= 0.3 is 0 Å². The van der Waals surface area contributed by atoms with Gasteiger partial charge in [0.2, 0.25) is 10.0 Å². The predicted molar refractivity (Wildman–Crippen MR) is 118 cm³/mol. The molecule has 0 aromatic heterocycles. The van der Waals surface area contributed by atoms with E-state index in [0.717, 1.165) is 23.3 Å². The first-order valence-corrected chi connectivity index (χ1v) is 12.0. The number of aryl methyl sites for hydroxylation is 1. The molecule has 6 nitrogen and oxygen atoms in total. The van der Waals surface area contributed by atoms with Gasteiger partial charge < -0.3 is 10.1 Å². The first kappa shape index (κ1) is 20.7. The summed E-state index contributed by atoms with van der Waals surface area (Å²) >= 11 is 0. The van der Waals surface area contributed by atoms with Crippen molar-refractivity contribution in [3.8, 4) is 5.75 Å². The van der Waals surface area contributed by atoms with Crippen molar-refractivity contribution in [2.45, 2.75) is 51.7 Å². The standard InChI is InChI=1S/C23H28N2O4S/c1-16-9-10-21-19(13-16)20(15-23(2,3)29-21)24-22(26)17-7-6-8-18(14-17)25-11-4-5-12-30(25,27)28/h6-10,13-14,20H,4-5,11-12,15H2,1-3H3,(H,24,26). The zero-order chi connectivity index (χ0) is 21.5. The van der Waals surface area contributed by atoms with Crippen LogP contribution in [0.15, 0.2) is 42.5 Å². The zero-order valence-corrected chi connectivity index (χ0v) is 18.5. The number of hydrogen-bond acceptors (Lipinski definition) is 4. The van der Waals surface area contributed by atoms with Crippen LogP contribution in [0.5, 0.6) is 5.75 Å². The fourth-order valence-electron chi connectivity index (χ4n) is 4.23. The minimum absolute atomic E-state index is 0.150. The lowest BCUT2D eigenvalue weighted by molar-refractivity contribution is 0.0619. The number of benzene rings is 2. The van der Waals surface area contributed by atoms with Gasteiger partial charge in [-0.15, -0.1) is 0 Å². The smallest absolute Gasteiger partial charge is 0.251 e. The predicted octanol–water partition coefficient (Wildman–Crippen LogP) is 3.96. The summed E-state index contributed by atoms with van der Waals surface area (Å²) in [5.74, 6) is 0.716. The first-order chi connectivity index (χ1) is 14.1. The van der Waals surface area contributed by atoms with Crippen molar-refractivity contribution < 1.29 is 17.9 Å². The third-order valence-corrected chi connectivity index (χ3v) is 7.54. The number of carbonyl (C=O) groups excluding carboxylic acids is 1. The highest BCUT2D eigenvalue weighted by molar-refractivity contribution is 7.92. The van der Waals surface area contributed by atoms with Gasteiger partial charge in [-0.1, -0.05) is 23.8 Å². The summed E-state index contributed by atoms with van der Waals surface area (Å²) < 4.78 is 32.4. The lowest BCUT2D eigenvalue weighted by Gasteiger charge is -2.38. The second-order valence-corrected chi connectivity index (χ2v) is 10.8. The van der Waals surface area contributed by atoms with Gasteiger partial charge in [0, 0.05) is 24.1 Å². The van der Waals surface area contributed by atoms with Crippen LogP contribution in [-0.4, -0.2) is 32.2 Å². The Labute approximate surface area is 178 Å². The maximum Gasteiger partial charge on any atom is 0.251 e. The lowest BCUT2D eigenvalue weighted by atomic mass is 9.88. The number of carbonyl (C=O) groups is 1. The first-order valence-electron chi connectivity index (χ1n) is 10.4. The number of fused-ring (bicyclic) bond motifs is 1. The van der Waals surface area contributed by atoms with E-state index in [1.165, 1.54) is 4.31 Å². The number of ether oxygens (including phenoxy) is 1. The van der Waals surface area contributed by atoms with E-state index in [-0.39, 0.29) is 17.7 Å². The molecule has 7 heteroatoms. The molecule has 1 amide bonds. The molecule has 160 valence electrons. The fraction of sp³-hybridized carbons (Fsp3) is 0.435. The van der Waals surface area contributed by atoms with Crippen LogP contribution in [0.3, 0.4) is 0 Å². The molecule has 1 unspecified atom stereocenters. The molecular weight excluding hydrogens is 400 g/mol. The number of sulfonamides is 1. The monoisotopic (exact) mass is 428 g/mol. The number of hydrogen-bond donors (Lipinski definition) is 1. The summed E-state index contributed by atoms with van der Waals surface area (Å²) in [7, 11) is -3.32. The van der Waals surface area contributed by atoms with Crippen LogP contribution in [0.4, 0.5) is 5.69 Å². The molecule has 2 heterocycles. The number of nitrogens with one attached hydrogen (secondary N) is 1. The summed E-state index contributed by atoms with van der Waals surface area (Å²) in [6, 6.07) is 12.7. The molecule has 0 bridgehead atoms. The van der Waals surface area contributed by atoms with Crippen molar-refractivity contribution in [2.75, 3.05) is 16.6 Å². The normalized spacial score (nSPS) is 22.0. The van der Waals surface area contributed by atoms with Gasteiger partial charge in [-0.25, -0.2) is 8.42 Å². The molecule has 30 heavy (non-hydrogen) atoms. The Hall–Kier alpha value is -2.54. The lowest BCUT2D eigenvalue weighted by Crippen LogP contribution is -2.41. The molecule has 0 spiro atoms. The number of nitrogens with zero attached hydrogens (tertiary/aromatic N) is 1. The molecule has 2 aromatic rings. The highest BCUT2D eigenvalue weighted by Gasteiger charge is 2.35. The maximum atomic E-state index is 13.1. The number of rotatable bonds is 3. The second kappa shape index (κ2) is 7.61. The summed E-state index contributed by atoms with van der Waals surface area (Å²) in [4.78, 5) is 13.1. The van der Waals surface area contributed by atoms with Crippen LogP contribution in [0.1, 0.15) is 60.6 Å². The van der Waals surface area contributed by atoms with E-state index in [2.05, 4.69) is 5.32 Å². The van der Waals surface area contributed by atoms with Crippen LogP contribution in [0.25, 0.3) is 0 Å². The molecule has 0 radical (unpaired) electrons. The molecular formula is C23H28N2O4S. The molecule has 1 N–H and O–H groups in total. The molecule has 0 aliphatic carbocycles. The molecule has 2 aliphatic heterocycles. The molecule has 1 saturated heterocycles. The van der Waals surface area contributed by atoms with Crippen LogP contribution >= 0.6 is 0 Å². The van der Waals surface area contributed by atoms with Crippen LogP contribution in [0.2, 0.25) is 0 Å². The Balaban J connectivity index is 1.60. The molecule has 2 aromatic carbocycles. The molecule has 0 saturated carbocycles. The van der Waals surface area contributed by atoms with Crippen LogP contribution < -0.4 is 14.4 Å². The van der Waals surface area contributed by atoms with Crippen molar-refractivity contribution >= 4 is 21.6 Å². The Bertz CT molecular complexity index is 1080. The van der Waals surface area contributed by atoms with E-state index in [1.807, 2.05) is 39.0 Å². The minimum atomic E-state index is -3.32. The summed E-state index contributed by atoms with van der Waals surface area (Å²) in [5.41, 5.74) is 2.67. The van der Waals surface area contributed by atoms with E-state index in [1.54, 1.807) is 24.3 Å². The molecule has 1 fully saturated rings. The summed E-state index contributed by atoms with van der Waals surface area (Å²) in [6.45, 7) is 6.49. The summed E-state index contributed by atoms with van der Waals surface area (Å²) in [5, 5.41) is 3.14. The largest absolute Gasteiger partial charge is 0.487 e. The number of anilines is 1. The molecule has 4 rings (SSSR count). The Morgan fingerprint density at radius 2 is 1.97 bits per heavy atom. The van der Waals surface area contributed by atoms with Crippen LogP contribution in [-0.2, 0) is 10.0 Å². The van der Waals surface area contributed by atoms with Gasteiger partial charge in [0.15, 0.2) is 0 Å². The topological polar surface area (TPSA) is 75.7 Å². The third-order valence-electron chi connectivity index (χ3n) is 5.67. The third kappa shape index (κ3) is 4.17. The Morgan fingerprint density at radius 3 is 2.73 bits per heavy atom. The van der Waals surface area contributed by atoms with Gasteiger partial charge in [0.1, 0.15) is 11.4 Å². The van der Waals surface area contributed by atoms with Crippen molar-refractivity contribution in [2.24, 2.45) is 0 Å². The zero-order valence-electron chi connectivity index (χ0n) is 17.6. The highest BCUT2D eigenvalue weighted by Crippen LogP contribution is 2.40. The average Bonchev–Trinajstić information content (AvgIpc) is 2.67. The van der Waals surface area contributed by atoms with E-state index in [0.29, 0.717) is 30.6 Å². The van der Waals surface area contributed by atoms with E-state index >= 15 is 0 Å². The summed E-state index contributed by atoms with van der Waals surface area (Å²) in [6.07, 6.45) is 2.15. The van der Waals surface area contributed by atoms with E-state index in [9.17, 15) is 13.2 Å². The van der Waals surface area contributed by atoms with Gasteiger partial charge in [-0.05, 0) is 57.9 Å². The molecule has 1 atom stereocenters. The molecule has 2 aliphatic rings. The van der Waals surface area contributed by atoms with E-state index in [4.69, 9.17) is 4.74 Å². The Morgan fingerprint density at radius 1 is 1.17 bits per heavy atom. The average molecular weight is 429 g/mol. The van der Waals surface area contributed by atoms with Gasteiger partial charge in [-0.3, -0.25) is 9.10 Å².